The third kappa shape index (κ3) is 4.06. The first-order valence-electron chi connectivity index (χ1n) is 10.8. The zero-order valence-corrected chi connectivity index (χ0v) is 19.3. The molecule has 10 heteroatoms. The number of nitrogens with one attached hydrogen (secondary N) is 1. The predicted molar refractivity (Wildman–Crippen MR) is 124 cm³/mol. The number of benzene rings is 2. The highest BCUT2D eigenvalue weighted by Gasteiger charge is 2.43. The molecule has 0 radical (unpaired) electrons. The van der Waals surface area contributed by atoms with E-state index in [0.29, 0.717) is 5.69 Å². The maximum absolute atomic E-state index is 13.1. The molecule has 3 amide bonds. The van der Waals surface area contributed by atoms with E-state index in [1.54, 1.807) is 26.0 Å². The monoisotopic (exact) mass is 470 g/mol. The molecule has 2 aliphatic heterocycles. The molecule has 2 aromatic carbocycles. The van der Waals surface area contributed by atoms with Gasteiger partial charge in [-0.2, -0.15) is 0 Å². The summed E-state index contributed by atoms with van der Waals surface area (Å²) in [5.41, 5.74) is 7.00. The summed E-state index contributed by atoms with van der Waals surface area (Å²) in [6, 6.07) is 8.36. The van der Waals surface area contributed by atoms with Crippen molar-refractivity contribution in [1.82, 2.24) is 4.31 Å². The van der Waals surface area contributed by atoms with E-state index in [4.69, 9.17) is 5.73 Å². The van der Waals surface area contributed by atoms with Crippen LogP contribution < -0.4 is 16.0 Å². The van der Waals surface area contributed by atoms with Crippen LogP contribution in [0, 0.1) is 0 Å². The fourth-order valence-electron chi connectivity index (χ4n) is 4.29. The first kappa shape index (κ1) is 22.8. The zero-order valence-electron chi connectivity index (χ0n) is 18.5. The number of anilines is 2. The lowest BCUT2D eigenvalue weighted by atomic mass is 10.1. The fraction of sp³-hybridized carbons (Fsp3) is 0.348. The highest BCUT2D eigenvalue weighted by Crippen LogP contribution is 2.34. The number of rotatable bonds is 5. The molecule has 9 nitrogen and oxygen atoms in total. The van der Waals surface area contributed by atoms with Crippen molar-refractivity contribution >= 4 is 39.1 Å². The van der Waals surface area contributed by atoms with E-state index in [9.17, 15) is 22.8 Å². The van der Waals surface area contributed by atoms with Crippen molar-refractivity contribution in [2.75, 3.05) is 23.3 Å². The van der Waals surface area contributed by atoms with Gasteiger partial charge in [0.15, 0.2) is 0 Å². The van der Waals surface area contributed by atoms with Crippen molar-refractivity contribution in [3.8, 4) is 0 Å². The van der Waals surface area contributed by atoms with E-state index in [1.165, 1.54) is 24.3 Å². The molecule has 0 aliphatic carbocycles. The van der Waals surface area contributed by atoms with Crippen LogP contribution >= 0.6 is 0 Å². The Kier molecular flexibility index (Phi) is 5.87. The Bertz CT molecular complexity index is 1250. The molecule has 0 aromatic heterocycles. The summed E-state index contributed by atoms with van der Waals surface area (Å²) in [7, 11) is -4.03. The van der Waals surface area contributed by atoms with Crippen LogP contribution in [-0.4, -0.2) is 49.6 Å². The average Bonchev–Trinajstić information content (AvgIpc) is 2.99. The van der Waals surface area contributed by atoms with Crippen molar-refractivity contribution in [3.05, 3.63) is 53.1 Å². The van der Waals surface area contributed by atoms with Gasteiger partial charge in [-0.1, -0.05) is 0 Å². The minimum atomic E-state index is -4.03. The number of hydrogen-bond donors (Lipinski definition) is 2. The number of fused-ring (bicyclic) bond motifs is 1. The Morgan fingerprint density at radius 1 is 1.00 bits per heavy atom. The number of piperidine rings is 1. The van der Waals surface area contributed by atoms with Gasteiger partial charge in [0.2, 0.25) is 5.91 Å². The van der Waals surface area contributed by atoms with E-state index in [1.807, 2.05) is 0 Å². The predicted octanol–water partition coefficient (Wildman–Crippen LogP) is 2.58. The van der Waals surface area contributed by atoms with Crippen molar-refractivity contribution in [1.29, 1.82) is 0 Å². The van der Waals surface area contributed by atoms with Crippen molar-refractivity contribution in [2.45, 2.75) is 44.0 Å². The van der Waals surface area contributed by atoms with Crippen molar-refractivity contribution in [2.24, 2.45) is 5.73 Å². The van der Waals surface area contributed by atoms with Gasteiger partial charge in [-0.05, 0) is 69.5 Å². The summed E-state index contributed by atoms with van der Waals surface area (Å²) in [6.45, 7) is 4.87. The first-order valence-corrected chi connectivity index (χ1v) is 12.3. The minimum absolute atomic E-state index is 0.0463. The molecule has 4 rings (SSSR count). The van der Waals surface area contributed by atoms with Crippen LogP contribution in [0.1, 0.15) is 64.2 Å². The number of nitrogens with zero attached hydrogens (tertiary/aromatic N) is 2. The smallest absolute Gasteiger partial charge is 0.269 e. The summed E-state index contributed by atoms with van der Waals surface area (Å²) in [5, 5.41) is 2.80. The number of nitrogens with two attached hydrogens (primary N) is 1. The van der Waals surface area contributed by atoms with E-state index >= 15 is 0 Å². The van der Waals surface area contributed by atoms with Gasteiger partial charge in [0.05, 0.1) is 16.9 Å². The highest BCUT2D eigenvalue weighted by atomic mass is 32.2. The van der Waals surface area contributed by atoms with Crippen LogP contribution in [0.25, 0.3) is 0 Å². The number of sulfonamides is 1. The standard InChI is InChI=1S/C23H26N4O5S/c1-14(2)27-23(30)17-8-6-16(13-20(17)33(27,31)32)22(29)25-18-12-15(21(24)28)7-9-19(18)26-10-4-3-5-11-26/h6-9,12-14H,3-5,10-11H2,1-2H3,(H2,24,28)(H,25,29). The lowest BCUT2D eigenvalue weighted by molar-refractivity contribution is 0.0845. The quantitative estimate of drug-likeness (QED) is 0.691. The molecule has 174 valence electrons. The third-order valence-electron chi connectivity index (χ3n) is 5.91. The normalized spacial score (nSPS) is 17.2. The molecule has 0 saturated carbocycles. The summed E-state index contributed by atoms with van der Waals surface area (Å²) in [6.07, 6.45) is 3.18. The summed E-state index contributed by atoms with van der Waals surface area (Å²) in [4.78, 5) is 39.3. The first-order chi connectivity index (χ1) is 15.6. The lowest BCUT2D eigenvalue weighted by Gasteiger charge is -2.30. The lowest BCUT2D eigenvalue weighted by Crippen LogP contribution is -2.36. The van der Waals surface area contributed by atoms with Crippen LogP contribution in [0.2, 0.25) is 0 Å². The number of hydrogen-bond acceptors (Lipinski definition) is 6. The Morgan fingerprint density at radius 3 is 2.30 bits per heavy atom. The van der Waals surface area contributed by atoms with Gasteiger partial charge < -0.3 is 16.0 Å². The molecule has 0 spiro atoms. The van der Waals surface area contributed by atoms with Crippen molar-refractivity contribution in [3.63, 3.8) is 0 Å². The second kappa shape index (κ2) is 8.51. The van der Waals surface area contributed by atoms with Gasteiger partial charge in [0.1, 0.15) is 4.90 Å². The van der Waals surface area contributed by atoms with E-state index in [2.05, 4.69) is 10.2 Å². The highest BCUT2D eigenvalue weighted by molar-refractivity contribution is 7.90. The summed E-state index contributed by atoms with van der Waals surface area (Å²) < 4.78 is 26.6. The maximum atomic E-state index is 13.1. The van der Waals surface area contributed by atoms with E-state index in [-0.39, 0.29) is 21.6 Å². The van der Waals surface area contributed by atoms with Gasteiger partial charge in [0.25, 0.3) is 21.8 Å². The second-order valence-electron chi connectivity index (χ2n) is 8.51. The maximum Gasteiger partial charge on any atom is 0.269 e. The Hall–Kier alpha value is -3.40. The summed E-state index contributed by atoms with van der Waals surface area (Å²) in [5.74, 6) is -1.77. The van der Waals surface area contributed by atoms with Gasteiger partial charge in [0, 0.05) is 30.3 Å². The molecule has 3 N–H and O–H groups in total. The van der Waals surface area contributed by atoms with Gasteiger partial charge in [-0.25, -0.2) is 12.7 Å². The van der Waals surface area contributed by atoms with Crippen LogP contribution in [-0.2, 0) is 10.0 Å². The van der Waals surface area contributed by atoms with E-state index in [0.717, 1.165) is 42.3 Å². The van der Waals surface area contributed by atoms with E-state index < -0.39 is 33.8 Å². The van der Waals surface area contributed by atoms with Crippen molar-refractivity contribution < 1.29 is 22.8 Å². The Morgan fingerprint density at radius 2 is 1.67 bits per heavy atom. The van der Waals surface area contributed by atoms with Gasteiger partial charge in [-0.3, -0.25) is 14.4 Å². The number of amides is 3. The second-order valence-corrected chi connectivity index (χ2v) is 10.3. The molecule has 2 aliphatic rings. The fourth-order valence-corrected chi connectivity index (χ4v) is 6.09. The number of carbonyl (C=O) groups is 3. The Labute approximate surface area is 192 Å². The topological polar surface area (TPSA) is 130 Å². The average molecular weight is 471 g/mol. The SMILES string of the molecule is CC(C)N1C(=O)c2ccc(C(=O)Nc3cc(C(N)=O)ccc3N3CCCCC3)cc2S1(=O)=O. The minimum Gasteiger partial charge on any atom is -0.370 e. The molecule has 2 aromatic rings. The largest absolute Gasteiger partial charge is 0.370 e. The van der Waals surface area contributed by atoms with Gasteiger partial charge in [-0.15, -0.1) is 0 Å². The Balaban J connectivity index is 1.69. The number of carbonyl (C=O) groups excluding carboxylic acids is 3. The van der Waals surface area contributed by atoms with Crippen LogP contribution in [0.4, 0.5) is 11.4 Å². The third-order valence-corrected chi connectivity index (χ3v) is 7.91. The molecular formula is C23H26N4O5S. The zero-order chi connectivity index (χ0) is 23.9. The van der Waals surface area contributed by atoms with Crippen LogP contribution in [0.5, 0.6) is 0 Å². The van der Waals surface area contributed by atoms with Crippen LogP contribution in [0.15, 0.2) is 41.3 Å². The number of primary amides is 1. The van der Waals surface area contributed by atoms with Gasteiger partial charge >= 0.3 is 0 Å². The molecule has 0 bridgehead atoms. The molecule has 33 heavy (non-hydrogen) atoms. The molecular weight excluding hydrogens is 444 g/mol. The van der Waals surface area contributed by atoms with Crippen LogP contribution in [0.3, 0.4) is 0 Å². The molecule has 1 fully saturated rings. The molecule has 0 atom stereocenters. The molecule has 1 saturated heterocycles. The molecule has 0 unspecified atom stereocenters. The summed E-state index contributed by atoms with van der Waals surface area (Å²) >= 11 is 0. The molecule has 2 heterocycles.